The molecule has 10 heavy (non-hydrogen) atoms. The molecule has 0 aliphatic heterocycles. The van der Waals surface area contributed by atoms with E-state index in [9.17, 15) is 0 Å². The van der Waals surface area contributed by atoms with E-state index in [0.29, 0.717) is 0 Å². The van der Waals surface area contributed by atoms with Crippen LogP contribution < -0.4 is 0 Å². The predicted molar refractivity (Wildman–Crippen MR) is 46.5 cm³/mol. The second kappa shape index (κ2) is 4.49. The van der Waals surface area contributed by atoms with E-state index in [0.717, 1.165) is 6.08 Å². The van der Waals surface area contributed by atoms with Crippen LogP contribution in [0, 0.1) is 11.3 Å². The maximum Gasteiger partial charge on any atom is 0.230 e. The van der Waals surface area contributed by atoms with Crippen molar-refractivity contribution in [1.82, 2.24) is 0 Å². The molecule has 0 saturated heterocycles. The first-order valence-corrected chi connectivity index (χ1v) is 6.76. The van der Waals surface area contributed by atoms with Crippen molar-refractivity contribution in [3.8, 4) is 6.07 Å². The summed E-state index contributed by atoms with van der Waals surface area (Å²) >= 11 is 21.2. The van der Waals surface area contributed by atoms with Gasteiger partial charge in [-0.15, -0.1) is 0 Å². The molecule has 0 aromatic heterocycles. The molecule has 7 heteroatoms. The van der Waals surface area contributed by atoms with Crippen molar-refractivity contribution in [1.29, 1.82) is 5.26 Å². The van der Waals surface area contributed by atoms with Gasteiger partial charge in [-0.05, 0) is 33.7 Å². The van der Waals surface area contributed by atoms with E-state index < -0.39 is 5.11 Å². The van der Waals surface area contributed by atoms with Gasteiger partial charge in [0.15, 0.2) is 0 Å². The van der Waals surface area contributed by atoms with Crippen LogP contribution in [0.4, 0.5) is 0 Å². The summed E-state index contributed by atoms with van der Waals surface area (Å²) in [7, 11) is 0. The Morgan fingerprint density at radius 1 is 1.50 bits per heavy atom. The van der Waals surface area contributed by atoms with Gasteiger partial charge in [0.2, 0.25) is 5.11 Å². The van der Waals surface area contributed by atoms with E-state index in [-0.39, 0.29) is 5.16 Å². The SMILES string of the molecule is N#CC=C(Cl)N=P(Cl)(Cl)Cl. The Morgan fingerprint density at radius 2 is 2.00 bits per heavy atom. The average Bonchev–Trinajstić information content (AvgIpc) is 1.59. The molecule has 0 rings (SSSR count). The lowest BCUT2D eigenvalue weighted by Gasteiger charge is -1.93. The molecule has 0 amide bonds. The molecular weight excluding hydrogens is 237 g/mol. The van der Waals surface area contributed by atoms with Crippen molar-refractivity contribution in [3.05, 3.63) is 11.2 Å². The molecule has 0 aromatic rings. The second-order valence-corrected chi connectivity index (χ2v) is 8.50. The number of rotatable bonds is 1. The molecule has 0 aromatic carbocycles. The van der Waals surface area contributed by atoms with E-state index in [2.05, 4.69) is 4.74 Å². The fourth-order valence-electron chi connectivity index (χ4n) is 0.190. The van der Waals surface area contributed by atoms with E-state index in [1.807, 2.05) is 0 Å². The van der Waals surface area contributed by atoms with Gasteiger partial charge >= 0.3 is 0 Å². The monoisotopic (exact) mass is 236 g/mol. The van der Waals surface area contributed by atoms with Crippen LogP contribution in [0.5, 0.6) is 0 Å². The lowest BCUT2D eigenvalue weighted by atomic mass is 10.7. The highest BCUT2D eigenvalue weighted by atomic mass is 36.0. The van der Waals surface area contributed by atoms with Gasteiger partial charge in [0.1, 0.15) is 5.16 Å². The average molecular weight is 238 g/mol. The van der Waals surface area contributed by atoms with Crippen LogP contribution in [0.3, 0.4) is 0 Å². The Hall–Kier alpha value is 0.620. The molecule has 0 aliphatic carbocycles. The minimum absolute atomic E-state index is 0.0872. The van der Waals surface area contributed by atoms with Gasteiger partial charge in [0, 0.05) is 0 Å². The van der Waals surface area contributed by atoms with Crippen LogP contribution in [-0.4, -0.2) is 0 Å². The molecule has 0 radical (unpaired) electrons. The summed E-state index contributed by atoms with van der Waals surface area (Å²) in [5.74, 6) is 0. The smallest absolute Gasteiger partial charge is 0.210 e. The Labute approximate surface area is 77.8 Å². The number of hydrogen-bond donors (Lipinski definition) is 0. The highest BCUT2D eigenvalue weighted by Crippen LogP contribution is 2.66. The number of hydrogen-bond acceptors (Lipinski definition) is 2. The first-order valence-electron chi connectivity index (χ1n) is 1.92. The summed E-state index contributed by atoms with van der Waals surface area (Å²) in [6.45, 7) is 0. The van der Waals surface area contributed by atoms with Crippen molar-refractivity contribution in [2.24, 2.45) is 4.74 Å². The zero-order valence-corrected chi connectivity index (χ0v) is 8.35. The van der Waals surface area contributed by atoms with Gasteiger partial charge in [-0.25, -0.2) is 4.74 Å². The summed E-state index contributed by atoms with van der Waals surface area (Å²) in [6, 6.07) is 1.64. The second-order valence-electron chi connectivity index (χ2n) is 1.11. The highest BCUT2D eigenvalue weighted by Gasteiger charge is 2.05. The van der Waals surface area contributed by atoms with Crippen molar-refractivity contribution >= 4 is 50.4 Å². The lowest BCUT2D eigenvalue weighted by Crippen LogP contribution is -1.57. The van der Waals surface area contributed by atoms with Gasteiger partial charge in [-0.2, -0.15) is 5.26 Å². The molecule has 0 N–H and O–H groups in total. The summed E-state index contributed by atoms with van der Waals surface area (Å²) < 4.78 is 3.41. The van der Waals surface area contributed by atoms with Crippen LogP contribution in [0.1, 0.15) is 0 Å². The fraction of sp³-hybridized carbons (Fsp3) is 0. The minimum Gasteiger partial charge on any atom is -0.210 e. The largest absolute Gasteiger partial charge is 0.230 e. The third-order valence-corrected chi connectivity index (χ3v) is 1.83. The van der Waals surface area contributed by atoms with Gasteiger partial charge in [-0.3, -0.25) is 0 Å². The predicted octanol–water partition coefficient (Wildman–Crippen LogP) is 4.25. The van der Waals surface area contributed by atoms with Crippen LogP contribution in [0.2, 0.25) is 0 Å². The molecule has 0 spiro atoms. The third kappa shape index (κ3) is 6.74. The molecule has 0 bridgehead atoms. The first kappa shape index (κ1) is 10.6. The normalized spacial score (nSPS) is 12.5. The zero-order valence-electron chi connectivity index (χ0n) is 4.43. The number of allylic oxidation sites excluding steroid dienone is 1. The molecule has 0 unspecified atom stereocenters. The van der Waals surface area contributed by atoms with Crippen LogP contribution in [0.15, 0.2) is 16.0 Å². The molecule has 0 saturated carbocycles. The molecule has 0 atom stereocenters. The van der Waals surface area contributed by atoms with Gasteiger partial charge in [0.05, 0.1) is 12.1 Å². The van der Waals surface area contributed by atoms with Crippen LogP contribution >= 0.6 is 50.4 Å². The minimum atomic E-state index is -2.81. The fourth-order valence-corrected chi connectivity index (χ4v) is 1.93. The first-order chi connectivity index (χ1) is 4.45. The van der Waals surface area contributed by atoms with Crippen molar-refractivity contribution < 1.29 is 0 Å². The van der Waals surface area contributed by atoms with Gasteiger partial charge < -0.3 is 0 Å². The van der Waals surface area contributed by atoms with Crippen molar-refractivity contribution in [2.75, 3.05) is 0 Å². The quantitative estimate of drug-likeness (QED) is 0.382. The summed E-state index contributed by atoms with van der Waals surface area (Å²) in [6.07, 6.45) is 0.990. The van der Waals surface area contributed by atoms with E-state index in [1.165, 1.54) is 0 Å². The Kier molecular flexibility index (Phi) is 4.77. The molecule has 0 heterocycles. The van der Waals surface area contributed by atoms with E-state index in [1.54, 1.807) is 6.07 Å². The van der Waals surface area contributed by atoms with Crippen LogP contribution in [-0.2, 0) is 0 Å². The van der Waals surface area contributed by atoms with Crippen molar-refractivity contribution in [2.45, 2.75) is 0 Å². The van der Waals surface area contributed by atoms with E-state index in [4.69, 9.17) is 50.6 Å². The maximum atomic E-state index is 8.05. The van der Waals surface area contributed by atoms with E-state index >= 15 is 0 Å². The number of nitrogens with zero attached hydrogens (tertiary/aromatic N) is 2. The topological polar surface area (TPSA) is 36.1 Å². The van der Waals surface area contributed by atoms with Gasteiger partial charge in [0.25, 0.3) is 0 Å². The summed E-state index contributed by atoms with van der Waals surface area (Å²) in [5, 5.41) is 5.15. The standard InChI is InChI=1S/C3HCl4N2P/c4-3(1-2-8)9-10(5,6)7/h1H. The molecule has 56 valence electrons. The zero-order chi connectivity index (χ0) is 8.20. The van der Waals surface area contributed by atoms with Crippen LogP contribution in [0.25, 0.3) is 0 Å². The Morgan fingerprint density at radius 3 is 2.30 bits per heavy atom. The summed E-state index contributed by atoms with van der Waals surface area (Å²) in [5.41, 5.74) is 0. The summed E-state index contributed by atoms with van der Waals surface area (Å²) in [4.78, 5) is 0. The highest BCUT2D eigenvalue weighted by molar-refractivity contribution is 8.26. The number of nitriles is 1. The number of halogens is 4. The van der Waals surface area contributed by atoms with Crippen molar-refractivity contribution in [3.63, 3.8) is 0 Å². The van der Waals surface area contributed by atoms with Gasteiger partial charge in [-0.1, -0.05) is 11.6 Å². The third-order valence-electron chi connectivity index (χ3n) is 0.393. The lowest BCUT2D eigenvalue weighted by molar-refractivity contribution is 1.50. The Balaban J connectivity index is 4.47. The Bertz CT molecular complexity index is 225. The molecule has 0 aliphatic rings. The molecular formula is C3HCl4N2P. The molecule has 2 nitrogen and oxygen atoms in total. The maximum absolute atomic E-state index is 8.05. The molecule has 0 fully saturated rings.